The van der Waals surface area contributed by atoms with Crippen LogP contribution in [-0.2, 0) is 4.74 Å². The van der Waals surface area contributed by atoms with Gasteiger partial charge in [0.1, 0.15) is 11.6 Å². The summed E-state index contributed by atoms with van der Waals surface area (Å²) in [5.41, 5.74) is -0.0706. The first-order valence-corrected chi connectivity index (χ1v) is 5.67. The van der Waals surface area contributed by atoms with E-state index in [1.807, 2.05) is 0 Å². The minimum Gasteiger partial charge on any atom is -0.394 e. The van der Waals surface area contributed by atoms with Crippen LogP contribution in [0.15, 0.2) is 18.2 Å². The number of benzene rings is 1. The van der Waals surface area contributed by atoms with Crippen LogP contribution in [0.5, 0.6) is 0 Å². The van der Waals surface area contributed by atoms with Gasteiger partial charge in [0.05, 0.1) is 25.9 Å². The molecule has 0 aliphatic carbocycles. The Kier molecular flexibility index (Phi) is 6.74. The normalized spacial score (nSPS) is 12.7. The molecule has 0 radical (unpaired) electrons. The van der Waals surface area contributed by atoms with Gasteiger partial charge >= 0.3 is 0 Å². The van der Waals surface area contributed by atoms with Crippen molar-refractivity contribution in [3.8, 4) is 0 Å². The molecule has 0 aromatic heterocycles. The molecule has 0 saturated heterocycles. The molecule has 0 saturated carbocycles. The van der Waals surface area contributed by atoms with E-state index in [0.717, 1.165) is 18.2 Å². The molecular weight excluding hydrogens is 244 g/mol. The van der Waals surface area contributed by atoms with Gasteiger partial charge in [0.25, 0.3) is 0 Å². The molecule has 0 spiro atoms. The lowest BCUT2D eigenvalue weighted by molar-refractivity contribution is 0.0908. The molecule has 1 aromatic rings. The minimum absolute atomic E-state index is 0.0445. The van der Waals surface area contributed by atoms with Gasteiger partial charge in [-0.25, -0.2) is 8.78 Å². The summed E-state index contributed by atoms with van der Waals surface area (Å²) >= 11 is 0. The van der Waals surface area contributed by atoms with E-state index in [1.165, 1.54) is 0 Å². The third-order valence-electron chi connectivity index (χ3n) is 2.31. The number of hydrogen-bond acceptors (Lipinski definition) is 4. The molecule has 0 amide bonds. The number of aliphatic hydroxyl groups is 2. The highest BCUT2D eigenvalue weighted by molar-refractivity contribution is 5.21. The molecule has 1 unspecified atom stereocenters. The number of halogens is 2. The molecule has 0 fully saturated rings. The van der Waals surface area contributed by atoms with Crippen LogP contribution in [0.2, 0.25) is 0 Å². The summed E-state index contributed by atoms with van der Waals surface area (Å²) in [6.45, 7) is 1.13. The van der Waals surface area contributed by atoms with Gasteiger partial charge in [-0.05, 0) is 18.2 Å². The van der Waals surface area contributed by atoms with E-state index in [0.29, 0.717) is 13.2 Å². The van der Waals surface area contributed by atoms with E-state index in [2.05, 4.69) is 5.32 Å². The summed E-state index contributed by atoms with van der Waals surface area (Å²) in [7, 11) is 0. The van der Waals surface area contributed by atoms with E-state index in [4.69, 9.17) is 9.84 Å². The van der Waals surface area contributed by atoms with Crippen molar-refractivity contribution in [3.05, 3.63) is 35.4 Å². The fourth-order valence-electron chi connectivity index (χ4n) is 1.43. The average molecular weight is 261 g/mol. The standard InChI is InChI=1S/C12H17F2NO3/c13-9-1-2-11(14)10(7-9)12(17)8-15-3-5-18-6-4-16/h1-2,7,12,15-17H,3-6,8H2. The summed E-state index contributed by atoms with van der Waals surface area (Å²) in [5, 5.41) is 21.0. The van der Waals surface area contributed by atoms with Crippen molar-refractivity contribution in [2.24, 2.45) is 0 Å². The molecule has 0 bridgehead atoms. The van der Waals surface area contributed by atoms with Gasteiger partial charge in [-0.15, -0.1) is 0 Å². The second-order valence-corrected chi connectivity index (χ2v) is 3.72. The number of rotatable bonds is 8. The van der Waals surface area contributed by atoms with E-state index >= 15 is 0 Å². The smallest absolute Gasteiger partial charge is 0.129 e. The van der Waals surface area contributed by atoms with Crippen LogP contribution >= 0.6 is 0 Å². The summed E-state index contributed by atoms with van der Waals surface area (Å²) in [6.07, 6.45) is -1.11. The lowest BCUT2D eigenvalue weighted by atomic mass is 10.1. The van der Waals surface area contributed by atoms with Crippen molar-refractivity contribution in [2.45, 2.75) is 6.10 Å². The van der Waals surface area contributed by atoms with Crippen molar-refractivity contribution in [1.29, 1.82) is 0 Å². The van der Waals surface area contributed by atoms with Gasteiger partial charge in [-0.3, -0.25) is 0 Å². The highest BCUT2D eigenvalue weighted by Gasteiger charge is 2.13. The van der Waals surface area contributed by atoms with E-state index in [-0.39, 0.29) is 25.3 Å². The van der Waals surface area contributed by atoms with Crippen LogP contribution in [0.25, 0.3) is 0 Å². The van der Waals surface area contributed by atoms with Crippen LogP contribution in [0.1, 0.15) is 11.7 Å². The van der Waals surface area contributed by atoms with Gasteiger partial charge in [0, 0.05) is 18.7 Å². The SMILES string of the molecule is OCCOCCNCC(O)c1cc(F)ccc1F. The number of aliphatic hydroxyl groups excluding tert-OH is 2. The van der Waals surface area contributed by atoms with Crippen molar-refractivity contribution in [1.82, 2.24) is 5.32 Å². The first-order valence-electron chi connectivity index (χ1n) is 5.67. The predicted octanol–water partition coefficient (Wildman–Crippen LogP) is 0.597. The Morgan fingerprint density at radius 3 is 2.78 bits per heavy atom. The molecule has 3 N–H and O–H groups in total. The molecule has 102 valence electrons. The molecule has 0 heterocycles. The van der Waals surface area contributed by atoms with Crippen LogP contribution in [-0.4, -0.2) is 43.1 Å². The zero-order chi connectivity index (χ0) is 13.4. The molecule has 1 aromatic carbocycles. The van der Waals surface area contributed by atoms with Gasteiger partial charge in [0.15, 0.2) is 0 Å². The third kappa shape index (κ3) is 5.05. The van der Waals surface area contributed by atoms with Crippen molar-refractivity contribution in [3.63, 3.8) is 0 Å². The largest absolute Gasteiger partial charge is 0.394 e. The second-order valence-electron chi connectivity index (χ2n) is 3.72. The molecule has 0 aliphatic rings. The first kappa shape index (κ1) is 15.0. The third-order valence-corrected chi connectivity index (χ3v) is 2.31. The lowest BCUT2D eigenvalue weighted by Crippen LogP contribution is -2.26. The monoisotopic (exact) mass is 261 g/mol. The van der Waals surface area contributed by atoms with Gasteiger partial charge in [-0.1, -0.05) is 0 Å². The Balaban J connectivity index is 2.31. The van der Waals surface area contributed by atoms with E-state index in [1.54, 1.807) is 0 Å². The Morgan fingerprint density at radius 1 is 1.28 bits per heavy atom. The Labute approximate surface area is 104 Å². The summed E-state index contributed by atoms with van der Waals surface area (Å²) in [5.74, 6) is -1.22. The average Bonchev–Trinajstić information content (AvgIpc) is 2.36. The molecule has 0 aliphatic heterocycles. The highest BCUT2D eigenvalue weighted by atomic mass is 19.1. The van der Waals surface area contributed by atoms with Crippen LogP contribution in [0, 0.1) is 11.6 Å². The minimum atomic E-state index is -1.11. The fourth-order valence-corrected chi connectivity index (χ4v) is 1.43. The van der Waals surface area contributed by atoms with Gasteiger partial charge in [0.2, 0.25) is 0 Å². The quantitative estimate of drug-likeness (QED) is 0.600. The van der Waals surface area contributed by atoms with Crippen LogP contribution in [0.3, 0.4) is 0 Å². The predicted molar refractivity (Wildman–Crippen MR) is 62.1 cm³/mol. The lowest BCUT2D eigenvalue weighted by Gasteiger charge is -2.13. The molecule has 18 heavy (non-hydrogen) atoms. The molecular formula is C12H17F2NO3. The maximum Gasteiger partial charge on any atom is 0.129 e. The Morgan fingerprint density at radius 2 is 2.06 bits per heavy atom. The zero-order valence-electron chi connectivity index (χ0n) is 9.90. The summed E-state index contributed by atoms with van der Waals surface area (Å²) < 4.78 is 31.2. The molecule has 1 rings (SSSR count). The fraction of sp³-hybridized carbons (Fsp3) is 0.500. The number of ether oxygens (including phenoxy) is 1. The van der Waals surface area contributed by atoms with Crippen LogP contribution in [0.4, 0.5) is 8.78 Å². The first-order chi connectivity index (χ1) is 8.65. The number of hydrogen-bond donors (Lipinski definition) is 3. The van der Waals surface area contributed by atoms with Crippen LogP contribution < -0.4 is 5.32 Å². The summed E-state index contributed by atoms with van der Waals surface area (Å²) in [4.78, 5) is 0. The van der Waals surface area contributed by atoms with Crippen molar-refractivity contribution in [2.75, 3.05) is 32.9 Å². The highest BCUT2D eigenvalue weighted by Crippen LogP contribution is 2.17. The zero-order valence-corrected chi connectivity index (χ0v) is 9.90. The Hall–Kier alpha value is -1.08. The van der Waals surface area contributed by atoms with Gasteiger partial charge in [-0.2, -0.15) is 0 Å². The van der Waals surface area contributed by atoms with Crippen molar-refractivity contribution >= 4 is 0 Å². The number of nitrogens with one attached hydrogen (secondary N) is 1. The van der Waals surface area contributed by atoms with E-state index < -0.39 is 17.7 Å². The molecule has 4 nitrogen and oxygen atoms in total. The maximum atomic E-state index is 13.3. The Bertz CT molecular complexity index is 363. The second kappa shape index (κ2) is 8.10. The maximum absolute atomic E-state index is 13.3. The topological polar surface area (TPSA) is 61.7 Å². The summed E-state index contributed by atoms with van der Waals surface area (Å²) in [6, 6.07) is 2.96. The molecule has 6 heteroatoms. The van der Waals surface area contributed by atoms with E-state index in [9.17, 15) is 13.9 Å². The molecule has 1 atom stereocenters. The van der Waals surface area contributed by atoms with Crippen molar-refractivity contribution < 1.29 is 23.7 Å². The van der Waals surface area contributed by atoms with Gasteiger partial charge < -0.3 is 20.3 Å².